The van der Waals surface area contributed by atoms with E-state index in [1.54, 1.807) is 0 Å². The summed E-state index contributed by atoms with van der Waals surface area (Å²) in [6.07, 6.45) is 3.35. The van der Waals surface area contributed by atoms with Crippen LogP contribution in [-0.4, -0.2) is 16.4 Å². The maximum atomic E-state index is 5.55. The SMILES string of the molecule is CC(C)c1cccc(C(C)C)c1N=C(CCc1ccccc1)c1cccc(C(CCc2ccccc2)=Nc2c(C(C)C)cccc2C(C)C)n1.[Br-].[Br-].[Fe+2]. The van der Waals surface area contributed by atoms with E-state index in [1.807, 2.05) is 0 Å². The van der Waals surface area contributed by atoms with Crippen LogP contribution in [0.5, 0.6) is 0 Å². The van der Waals surface area contributed by atoms with E-state index in [-0.39, 0.29) is 51.0 Å². The Morgan fingerprint density at radius 2 is 0.736 bits per heavy atom. The van der Waals surface area contributed by atoms with Gasteiger partial charge in [0, 0.05) is 0 Å². The molecule has 0 saturated carbocycles. The van der Waals surface area contributed by atoms with Crippen molar-refractivity contribution in [1.29, 1.82) is 0 Å². The largest absolute Gasteiger partial charge is 2.00 e. The number of hydrogen-bond donors (Lipinski definition) is 0. The molecule has 53 heavy (non-hydrogen) atoms. The van der Waals surface area contributed by atoms with E-state index >= 15 is 0 Å². The van der Waals surface area contributed by atoms with Gasteiger partial charge in [0.1, 0.15) is 0 Å². The van der Waals surface area contributed by atoms with E-state index in [4.69, 9.17) is 15.0 Å². The molecule has 0 unspecified atom stereocenters. The molecule has 0 aliphatic carbocycles. The molecule has 0 spiro atoms. The topological polar surface area (TPSA) is 37.6 Å². The van der Waals surface area contributed by atoms with Crippen molar-refractivity contribution in [3.8, 4) is 0 Å². The molecular weight excluding hydrogens is 822 g/mol. The Bertz CT molecular complexity index is 1730. The van der Waals surface area contributed by atoms with E-state index in [9.17, 15) is 0 Å². The summed E-state index contributed by atoms with van der Waals surface area (Å²) in [5.41, 5.74) is 13.8. The molecule has 0 aliphatic rings. The van der Waals surface area contributed by atoms with Crippen LogP contribution in [0.15, 0.2) is 125 Å². The number of rotatable bonds is 14. The predicted molar refractivity (Wildman–Crippen MR) is 215 cm³/mol. The van der Waals surface area contributed by atoms with Crippen LogP contribution in [0.4, 0.5) is 11.4 Å². The first-order valence-corrected chi connectivity index (χ1v) is 18.6. The smallest absolute Gasteiger partial charge is 1.00 e. The number of para-hydroxylation sites is 2. The third-order valence-electron chi connectivity index (χ3n) is 9.51. The normalized spacial score (nSPS) is 11.8. The third-order valence-corrected chi connectivity index (χ3v) is 9.51. The Balaban J connectivity index is 0.00000324. The van der Waals surface area contributed by atoms with Gasteiger partial charge < -0.3 is 34.0 Å². The molecule has 280 valence electrons. The fourth-order valence-corrected chi connectivity index (χ4v) is 6.61. The summed E-state index contributed by atoms with van der Waals surface area (Å²) in [4.78, 5) is 16.5. The molecule has 0 aliphatic heterocycles. The van der Waals surface area contributed by atoms with E-state index in [0.29, 0.717) is 23.7 Å². The molecule has 3 nitrogen and oxygen atoms in total. The molecule has 1 heterocycles. The minimum absolute atomic E-state index is 0. The second-order valence-electron chi connectivity index (χ2n) is 14.7. The number of pyridine rings is 1. The average Bonchev–Trinajstić information content (AvgIpc) is 3.12. The second-order valence-corrected chi connectivity index (χ2v) is 14.7. The number of aromatic nitrogens is 1. The minimum atomic E-state index is 0. The molecule has 0 N–H and O–H groups in total. The van der Waals surface area contributed by atoms with Gasteiger partial charge in [0.25, 0.3) is 0 Å². The molecule has 0 atom stereocenters. The second kappa shape index (κ2) is 22.3. The summed E-state index contributed by atoms with van der Waals surface area (Å²) < 4.78 is 0. The van der Waals surface area contributed by atoms with Crippen LogP contribution in [0.3, 0.4) is 0 Å². The van der Waals surface area contributed by atoms with Crippen molar-refractivity contribution in [2.45, 2.75) is 105 Å². The summed E-state index contributed by atoms with van der Waals surface area (Å²) in [6, 6.07) is 41.2. The van der Waals surface area contributed by atoms with Gasteiger partial charge in [-0.1, -0.05) is 159 Å². The van der Waals surface area contributed by atoms with Crippen LogP contribution in [-0.2, 0) is 29.9 Å². The Morgan fingerprint density at radius 3 is 1.04 bits per heavy atom. The quantitative estimate of drug-likeness (QED) is 0.0869. The zero-order valence-corrected chi connectivity index (χ0v) is 36.8. The van der Waals surface area contributed by atoms with Gasteiger partial charge in [-0.2, -0.15) is 0 Å². The zero-order valence-electron chi connectivity index (χ0n) is 32.6. The molecule has 0 fully saturated rings. The van der Waals surface area contributed by atoms with Crippen molar-refractivity contribution in [3.63, 3.8) is 0 Å². The minimum Gasteiger partial charge on any atom is -1.00 e. The molecule has 0 saturated heterocycles. The Morgan fingerprint density at radius 1 is 0.434 bits per heavy atom. The molecule has 6 heteroatoms. The number of halogens is 2. The molecule has 1 aromatic heterocycles. The first-order valence-electron chi connectivity index (χ1n) is 18.6. The number of nitrogens with zero attached hydrogens (tertiary/aromatic N) is 3. The third kappa shape index (κ3) is 12.4. The van der Waals surface area contributed by atoms with Crippen molar-refractivity contribution < 1.29 is 51.0 Å². The summed E-state index contributed by atoms with van der Waals surface area (Å²) in [5.74, 6) is 1.43. The molecule has 4 aromatic carbocycles. The van der Waals surface area contributed by atoms with E-state index < -0.39 is 0 Å². The van der Waals surface area contributed by atoms with Crippen LogP contribution >= 0.6 is 0 Å². The van der Waals surface area contributed by atoms with Crippen molar-refractivity contribution >= 4 is 22.8 Å². The van der Waals surface area contributed by atoms with Crippen LogP contribution in [0.1, 0.15) is 137 Å². The van der Waals surface area contributed by atoms with Crippen LogP contribution in [0.25, 0.3) is 0 Å². The molecule has 0 bridgehead atoms. The van der Waals surface area contributed by atoms with Gasteiger partial charge in [0.05, 0.1) is 34.2 Å². The molecule has 0 amide bonds. The molecular formula is C47H55Br2FeN3. The maximum absolute atomic E-state index is 5.55. The van der Waals surface area contributed by atoms with Crippen molar-refractivity contribution in [1.82, 2.24) is 4.98 Å². The van der Waals surface area contributed by atoms with Crippen LogP contribution < -0.4 is 34.0 Å². The van der Waals surface area contributed by atoms with Crippen molar-refractivity contribution in [3.05, 3.63) is 160 Å². The summed E-state index contributed by atoms with van der Waals surface area (Å²) in [7, 11) is 0. The van der Waals surface area contributed by atoms with Gasteiger partial charge in [0.15, 0.2) is 0 Å². The monoisotopic (exact) mass is 875 g/mol. The fourth-order valence-electron chi connectivity index (χ4n) is 6.61. The van der Waals surface area contributed by atoms with E-state index in [1.165, 1.54) is 33.4 Å². The van der Waals surface area contributed by atoms with E-state index in [0.717, 1.165) is 59.9 Å². The number of hydrogen-bond acceptors (Lipinski definition) is 3. The standard InChI is InChI=1S/C47H55N3.2BrH.Fe/c1-32(2)38-22-15-23-39(33(3)4)46(38)49-44(30-28-36-18-11-9-12-19-36)42-26-17-27-43(48-42)45(31-29-37-20-13-10-14-21-37)50-47-40(34(5)6)24-16-25-41(47)35(7)8;;;/h9-27,32-35H,28-31H2,1-8H3;2*1H;/q;;;+2/p-2. The Labute approximate surface area is 351 Å². The molecule has 0 radical (unpaired) electrons. The van der Waals surface area contributed by atoms with Gasteiger partial charge in [-0.3, -0.25) is 9.98 Å². The summed E-state index contributed by atoms with van der Waals surface area (Å²) in [5, 5.41) is 0. The number of aliphatic imine (C=N–C) groups is 2. The first-order chi connectivity index (χ1) is 24.1. The van der Waals surface area contributed by atoms with Gasteiger partial charge in [-0.25, -0.2) is 4.98 Å². The van der Waals surface area contributed by atoms with Gasteiger partial charge in [-0.15, -0.1) is 0 Å². The van der Waals surface area contributed by atoms with Crippen molar-refractivity contribution in [2.75, 3.05) is 0 Å². The average molecular weight is 878 g/mol. The molecule has 5 rings (SSSR count). The van der Waals surface area contributed by atoms with Gasteiger partial charge >= 0.3 is 17.1 Å². The summed E-state index contributed by atoms with van der Waals surface area (Å²) in [6.45, 7) is 18.1. The molecule has 5 aromatic rings. The predicted octanol–water partition coefficient (Wildman–Crippen LogP) is 7.09. The summed E-state index contributed by atoms with van der Waals surface area (Å²) >= 11 is 0. The number of benzene rings is 4. The Kier molecular flexibility index (Phi) is 19.3. The first kappa shape index (κ1) is 46.0. The van der Waals surface area contributed by atoms with E-state index in [2.05, 4.69) is 171 Å². The number of aryl methyl sites for hydroxylation is 2. The van der Waals surface area contributed by atoms with Gasteiger partial charge in [-0.05, 0) is 94.9 Å². The fraction of sp³-hybridized carbons (Fsp3) is 0.340. The van der Waals surface area contributed by atoms with Crippen molar-refractivity contribution in [2.24, 2.45) is 9.98 Å². The zero-order chi connectivity index (χ0) is 35.6. The Hall–Kier alpha value is -3.15. The van der Waals surface area contributed by atoms with Crippen LogP contribution in [0.2, 0.25) is 0 Å². The maximum Gasteiger partial charge on any atom is 2.00 e. The van der Waals surface area contributed by atoms with Crippen LogP contribution in [0, 0.1) is 0 Å². The van der Waals surface area contributed by atoms with Gasteiger partial charge in [0.2, 0.25) is 0 Å².